The molecule has 0 bridgehead atoms. The number of aromatic amines is 1. The van der Waals surface area contributed by atoms with Gasteiger partial charge in [0.05, 0.1) is 23.5 Å². The predicted molar refractivity (Wildman–Crippen MR) is 92.7 cm³/mol. The van der Waals surface area contributed by atoms with E-state index < -0.39 is 0 Å². The molecule has 0 radical (unpaired) electrons. The second-order valence-corrected chi connectivity index (χ2v) is 5.40. The van der Waals surface area contributed by atoms with Crippen LogP contribution < -0.4 is 15.0 Å². The van der Waals surface area contributed by atoms with Crippen molar-refractivity contribution in [3.05, 3.63) is 42.5 Å². The summed E-state index contributed by atoms with van der Waals surface area (Å²) < 4.78 is 19.3. The summed E-state index contributed by atoms with van der Waals surface area (Å²) in [6.45, 7) is 3.54. The van der Waals surface area contributed by atoms with Gasteiger partial charge in [0.25, 0.3) is 0 Å². The number of nitrogens with one attached hydrogen (secondary N) is 2. The minimum absolute atomic E-state index is 0. The highest BCUT2D eigenvalue weighted by Gasteiger charge is 2.20. The van der Waals surface area contributed by atoms with Crippen LogP contribution in [0.15, 0.2) is 36.7 Å². The molecule has 0 spiro atoms. The van der Waals surface area contributed by atoms with Gasteiger partial charge in [-0.3, -0.25) is 5.10 Å². The Morgan fingerprint density at radius 3 is 2.79 bits per heavy atom. The monoisotopic (exact) mass is 349 g/mol. The Kier molecular flexibility index (Phi) is 4.82. The fourth-order valence-electron chi connectivity index (χ4n) is 2.81. The highest BCUT2D eigenvalue weighted by molar-refractivity contribution is 5.92. The van der Waals surface area contributed by atoms with E-state index in [4.69, 9.17) is 4.74 Å². The van der Waals surface area contributed by atoms with E-state index in [0.717, 1.165) is 37.3 Å². The van der Waals surface area contributed by atoms with E-state index in [0.29, 0.717) is 17.1 Å². The van der Waals surface area contributed by atoms with Crippen molar-refractivity contribution in [3.8, 4) is 11.5 Å². The Labute approximate surface area is 144 Å². The first-order valence-corrected chi connectivity index (χ1v) is 7.52. The lowest BCUT2D eigenvalue weighted by molar-refractivity contribution is 0.471. The van der Waals surface area contributed by atoms with Gasteiger partial charge >= 0.3 is 0 Å². The quantitative estimate of drug-likeness (QED) is 0.761. The lowest BCUT2D eigenvalue weighted by Gasteiger charge is -2.31. The Balaban J connectivity index is 0.00000169. The highest BCUT2D eigenvalue weighted by atomic mass is 35.5. The van der Waals surface area contributed by atoms with Gasteiger partial charge in [0, 0.05) is 32.2 Å². The lowest BCUT2D eigenvalue weighted by atomic mass is 10.2. The molecule has 2 aromatic heterocycles. The molecule has 8 heteroatoms. The van der Waals surface area contributed by atoms with Gasteiger partial charge in [0.2, 0.25) is 0 Å². The van der Waals surface area contributed by atoms with E-state index in [-0.39, 0.29) is 18.2 Å². The van der Waals surface area contributed by atoms with E-state index in [9.17, 15) is 4.39 Å². The highest BCUT2D eigenvalue weighted by Crippen LogP contribution is 2.37. The van der Waals surface area contributed by atoms with E-state index >= 15 is 0 Å². The predicted octanol–water partition coefficient (Wildman–Crippen LogP) is 2.72. The number of ether oxygens (including phenoxy) is 1. The van der Waals surface area contributed by atoms with E-state index in [1.54, 1.807) is 24.5 Å². The lowest BCUT2D eigenvalue weighted by Crippen LogP contribution is -2.43. The van der Waals surface area contributed by atoms with E-state index in [1.807, 2.05) is 0 Å². The molecule has 0 atom stereocenters. The van der Waals surface area contributed by atoms with Gasteiger partial charge in [-0.25, -0.2) is 9.37 Å². The normalized spacial score (nSPS) is 14.5. The third-order valence-electron chi connectivity index (χ3n) is 3.88. The zero-order chi connectivity index (χ0) is 15.6. The van der Waals surface area contributed by atoms with Gasteiger partial charge < -0.3 is 15.0 Å². The van der Waals surface area contributed by atoms with Crippen molar-refractivity contribution in [2.24, 2.45) is 0 Å². The molecular weight excluding hydrogens is 333 g/mol. The van der Waals surface area contributed by atoms with Crippen LogP contribution in [0, 0.1) is 5.82 Å². The van der Waals surface area contributed by atoms with Crippen molar-refractivity contribution in [1.82, 2.24) is 20.5 Å². The molecule has 3 heterocycles. The first-order valence-electron chi connectivity index (χ1n) is 7.52. The summed E-state index contributed by atoms with van der Waals surface area (Å²) in [5.74, 6) is 0.723. The fourth-order valence-corrected chi connectivity index (χ4v) is 2.81. The molecule has 0 unspecified atom stereocenters. The molecule has 1 aromatic carbocycles. The van der Waals surface area contributed by atoms with Crippen LogP contribution >= 0.6 is 12.4 Å². The number of halogens is 2. The maximum Gasteiger partial charge on any atom is 0.169 e. The van der Waals surface area contributed by atoms with Crippen LogP contribution in [0.3, 0.4) is 0 Å². The molecule has 1 aliphatic rings. The van der Waals surface area contributed by atoms with Crippen LogP contribution in [0.2, 0.25) is 0 Å². The number of aromatic nitrogens is 3. The summed E-state index contributed by atoms with van der Waals surface area (Å²) in [4.78, 5) is 6.58. The number of rotatable bonds is 3. The van der Waals surface area contributed by atoms with Crippen molar-refractivity contribution in [2.75, 3.05) is 31.1 Å². The smallest absolute Gasteiger partial charge is 0.169 e. The number of H-pyrrole nitrogens is 1. The molecule has 4 rings (SSSR count). The minimum Gasteiger partial charge on any atom is -0.453 e. The molecule has 1 aliphatic heterocycles. The Hall–Kier alpha value is -2.38. The average Bonchev–Trinajstić information content (AvgIpc) is 3.04. The summed E-state index contributed by atoms with van der Waals surface area (Å²) in [5, 5.41) is 11.2. The standard InChI is InChI=1S/C16H16FN5O.ClH/c17-11-2-1-3-12(8-11)23-14-10-19-16-13(9-20-21-16)15(14)22-6-4-18-5-7-22;/h1-3,8-10,18H,4-7H2,(H,19,20,21);1H. The molecular formula is C16H17ClFN5O. The SMILES string of the molecule is Cl.Fc1cccc(Oc2cnc3[nH]ncc3c2N2CCNCC2)c1. The summed E-state index contributed by atoms with van der Waals surface area (Å²) in [6, 6.07) is 6.10. The van der Waals surface area contributed by atoms with Crippen molar-refractivity contribution in [3.63, 3.8) is 0 Å². The molecule has 3 aromatic rings. The summed E-state index contributed by atoms with van der Waals surface area (Å²) in [5.41, 5.74) is 1.65. The zero-order valence-corrected chi connectivity index (χ0v) is 13.6. The zero-order valence-electron chi connectivity index (χ0n) is 12.8. The molecule has 1 fully saturated rings. The molecule has 0 aliphatic carbocycles. The first-order chi connectivity index (χ1) is 11.3. The topological polar surface area (TPSA) is 66.1 Å². The number of anilines is 1. The third kappa shape index (κ3) is 3.13. The van der Waals surface area contributed by atoms with Crippen LogP contribution in [0.5, 0.6) is 11.5 Å². The number of piperazine rings is 1. The number of pyridine rings is 1. The van der Waals surface area contributed by atoms with Crippen LogP contribution in [0.25, 0.3) is 11.0 Å². The molecule has 0 amide bonds. The number of nitrogens with zero attached hydrogens (tertiary/aromatic N) is 3. The van der Waals surface area contributed by atoms with E-state index in [1.165, 1.54) is 12.1 Å². The minimum atomic E-state index is -0.330. The van der Waals surface area contributed by atoms with Crippen molar-refractivity contribution in [2.45, 2.75) is 0 Å². The Morgan fingerprint density at radius 1 is 1.17 bits per heavy atom. The molecule has 1 saturated heterocycles. The van der Waals surface area contributed by atoms with Crippen LogP contribution in [-0.2, 0) is 0 Å². The second kappa shape index (κ2) is 7.02. The van der Waals surface area contributed by atoms with Crippen LogP contribution in [-0.4, -0.2) is 41.4 Å². The van der Waals surface area contributed by atoms with Crippen LogP contribution in [0.1, 0.15) is 0 Å². The van der Waals surface area contributed by atoms with Gasteiger partial charge in [-0.05, 0) is 12.1 Å². The number of fused-ring (bicyclic) bond motifs is 1. The van der Waals surface area contributed by atoms with E-state index in [2.05, 4.69) is 25.4 Å². The summed E-state index contributed by atoms with van der Waals surface area (Å²) in [7, 11) is 0. The molecule has 0 saturated carbocycles. The van der Waals surface area contributed by atoms with Gasteiger partial charge in [0.15, 0.2) is 11.4 Å². The molecule has 24 heavy (non-hydrogen) atoms. The molecule has 2 N–H and O–H groups in total. The Morgan fingerprint density at radius 2 is 2.00 bits per heavy atom. The summed E-state index contributed by atoms with van der Waals surface area (Å²) in [6.07, 6.45) is 3.40. The van der Waals surface area contributed by atoms with Crippen LogP contribution in [0.4, 0.5) is 10.1 Å². The number of hydrogen-bond donors (Lipinski definition) is 2. The number of hydrogen-bond acceptors (Lipinski definition) is 5. The largest absolute Gasteiger partial charge is 0.453 e. The number of benzene rings is 1. The first kappa shape index (κ1) is 16.5. The van der Waals surface area contributed by atoms with Crippen molar-refractivity contribution < 1.29 is 9.13 Å². The second-order valence-electron chi connectivity index (χ2n) is 5.40. The Bertz CT molecular complexity index is 834. The van der Waals surface area contributed by atoms with Crippen molar-refractivity contribution >= 4 is 29.1 Å². The summed E-state index contributed by atoms with van der Waals surface area (Å²) >= 11 is 0. The van der Waals surface area contributed by atoms with Gasteiger partial charge in [-0.15, -0.1) is 12.4 Å². The maximum absolute atomic E-state index is 13.4. The van der Waals surface area contributed by atoms with Gasteiger partial charge in [0.1, 0.15) is 11.6 Å². The fraction of sp³-hybridized carbons (Fsp3) is 0.250. The van der Waals surface area contributed by atoms with Gasteiger partial charge in [-0.1, -0.05) is 6.07 Å². The average molecular weight is 350 g/mol. The third-order valence-corrected chi connectivity index (χ3v) is 3.88. The maximum atomic E-state index is 13.4. The molecule has 6 nitrogen and oxygen atoms in total. The van der Waals surface area contributed by atoms with Gasteiger partial charge in [-0.2, -0.15) is 5.10 Å². The molecule has 126 valence electrons. The van der Waals surface area contributed by atoms with Crippen molar-refractivity contribution in [1.29, 1.82) is 0 Å².